The van der Waals surface area contributed by atoms with Crippen molar-refractivity contribution in [3.05, 3.63) is 58.5 Å². The monoisotopic (exact) mass is 373 g/mol. The Labute approximate surface area is 163 Å². The van der Waals surface area contributed by atoms with Crippen molar-refractivity contribution in [3.8, 4) is 11.3 Å². The summed E-state index contributed by atoms with van der Waals surface area (Å²) in [6, 6.07) is 14.1. The van der Waals surface area contributed by atoms with Gasteiger partial charge in [0.15, 0.2) is 0 Å². The number of hydrogen-bond acceptors (Lipinski definition) is 3. The Bertz CT molecular complexity index is 1080. The van der Waals surface area contributed by atoms with Crippen molar-refractivity contribution in [1.29, 1.82) is 0 Å². The van der Waals surface area contributed by atoms with Crippen LogP contribution >= 0.6 is 0 Å². The minimum atomic E-state index is -0.705. The number of fused-ring (bicyclic) bond motifs is 5. The highest BCUT2D eigenvalue weighted by atomic mass is 16.3. The quantitative estimate of drug-likeness (QED) is 0.587. The van der Waals surface area contributed by atoms with Gasteiger partial charge in [0.05, 0.1) is 5.69 Å². The summed E-state index contributed by atoms with van der Waals surface area (Å²) in [5.41, 5.74) is 6.45. The van der Waals surface area contributed by atoms with Crippen LogP contribution in [0.5, 0.6) is 0 Å². The predicted octanol–water partition coefficient (Wildman–Crippen LogP) is 5.69. The van der Waals surface area contributed by atoms with Crippen molar-refractivity contribution >= 4 is 22.5 Å². The topological polar surface area (TPSA) is 63.5 Å². The second-order valence-electron chi connectivity index (χ2n) is 7.85. The summed E-state index contributed by atoms with van der Waals surface area (Å²) >= 11 is 0. The van der Waals surface area contributed by atoms with Crippen LogP contribution in [0.4, 0.5) is 5.69 Å². The molecule has 5 rings (SSSR count). The zero-order valence-corrected chi connectivity index (χ0v) is 15.8. The van der Waals surface area contributed by atoms with Gasteiger partial charge in [0.1, 0.15) is 0 Å². The highest BCUT2D eigenvalue weighted by Crippen LogP contribution is 2.46. The van der Waals surface area contributed by atoms with E-state index in [4.69, 9.17) is 0 Å². The normalized spacial score (nSPS) is 16.7. The molecule has 2 aliphatic rings. The zero-order chi connectivity index (χ0) is 19.1. The van der Waals surface area contributed by atoms with Crippen molar-refractivity contribution in [3.63, 3.8) is 0 Å². The largest absolute Gasteiger partial charge is 0.383 e. The zero-order valence-electron chi connectivity index (χ0n) is 15.8. The molecule has 1 amide bonds. The molecule has 5 heteroatoms. The molecule has 1 aliphatic carbocycles. The van der Waals surface area contributed by atoms with Crippen LogP contribution in [0.3, 0.4) is 0 Å². The Morgan fingerprint density at radius 2 is 1.89 bits per heavy atom. The van der Waals surface area contributed by atoms with Crippen LogP contribution in [0.2, 0.25) is 0 Å². The van der Waals surface area contributed by atoms with Crippen LogP contribution in [0, 0.1) is 4.91 Å². The number of benzene rings is 2. The molecule has 0 spiro atoms. The number of nitroso groups, excluding NO2 is 1. The molecular weight excluding hydrogens is 350 g/mol. The Morgan fingerprint density at radius 1 is 1.07 bits per heavy atom. The summed E-state index contributed by atoms with van der Waals surface area (Å²) in [5.74, 6) is -0.173. The number of nitrogens with one attached hydrogen (secondary N) is 1. The van der Waals surface area contributed by atoms with Gasteiger partial charge in [-0.1, -0.05) is 43.5 Å². The second-order valence-corrected chi connectivity index (χ2v) is 7.85. The molecule has 0 bridgehead atoms. The molecule has 1 aromatic heterocycles. The number of rotatable bonds is 2. The van der Waals surface area contributed by atoms with Crippen LogP contribution in [-0.4, -0.2) is 17.0 Å². The number of para-hydroxylation sites is 1. The van der Waals surface area contributed by atoms with E-state index in [0.29, 0.717) is 11.5 Å². The molecule has 0 atom stereocenters. The SMILES string of the molecule is O=NC(=O)c1ccc2c(C3CCCCC3)c3n(c2c1)CCNc1ccccc1-3. The average molecular weight is 373 g/mol. The van der Waals surface area contributed by atoms with E-state index in [1.165, 1.54) is 54.3 Å². The number of amides is 1. The molecule has 1 fully saturated rings. The lowest BCUT2D eigenvalue weighted by Gasteiger charge is -2.23. The first-order chi connectivity index (χ1) is 13.8. The first kappa shape index (κ1) is 17.2. The van der Waals surface area contributed by atoms with E-state index in [1.54, 1.807) is 6.07 Å². The third-order valence-electron chi connectivity index (χ3n) is 6.28. The van der Waals surface area contributed by atoms with Crippen molar-refractivity contribution in [2.45, 2.75) is 44.6 Å². The minimum Gasteiger partial charge on any atom is -0.383 e. The Balaban J connectivity index is 1.83. The van der Waals surface area contributed by atoms with Gasteiger partial charge in [-0.3, -0.25) is 4.79 Å². The highest BCUT2D eigenvalue weighted by molar-refractivity contribution is 6.02. The molecule has 28 heavy (non-hydrogen) atoms. The molecule has 1 saturated carbocycles. The number of nitrogens with zero attached hydrogens (tertiary/aromatic N) is 2. The summed E-state index contributed by atoms with van der Waals surface area (Å²) in [6.07, 6.45) is 6.26. The standard InChI is InChI=1S/C23H23N3O2/c27-23(25-28)16-10-11-18-20(14-16)26-13-12-24-19-9-5-4-8-17(19)22(26)21(18)15-6-2-1-3-7-15/h4-5,8-11,14-15,24H,1-3,6-7,12-13H2. The van der Waals surface area contributed by atoms with Crippen LogP contribution in [0.25, 0.3) is 22.2 Å². The van der Waals surface area contributed by atoms with Gasteiger partial charge in [-0.15, -0.1) is 4.91 Å². The van der Waals surface area contributed by atoms with Gasteiger partial charge in [-0.2, -0.15) is 0 Å². The fourth-order valence-corrected chi connectivity index (χ4v) is 5.04. The van der Waals surface area contributed by atoms with E-state index in [9.17, 15) is 9.70 Å². The molecule has 5 nitrogen and oxygen atoms in total. The summed E-state index contributed by atoms with van der Waals surface area (Å²) in [4.78, 5) is 22.7. The van der Waals surface area contributed by atoms with Crippen molar-refractivity contribution in [1.82, 2.24) is 4.57 Å². The fraction of sp³-hybridized carbons (Fsp3) is 0.348. The van der Waals surface area contributed by atoms with E-state index in [2.05, 4.69) is 39.3 Å². The van der Waals surface area contributed by atoms with Gasteiger partial charge < -0.3 is 9.88 Å². The van der Waals surface area contributed by atoms with Crippen molar-refractivity contribution in [2.24, 2.45) is 5.18 Å². The first-order valence-corrected chi connectivity index (χ1v) is 10.1. The van der Waals surface area contributed by atoms with Gasteiger partial charge in [0.2, 0.25) is 0 Å². The minimum absolute atomic E-state index is 0.364. The Morgan fingerprint density at radius 3 is 2.71 bits per heavy atom. The van der Waals surface area contributed by atoms with E-state index in [0.717, 1.165) is 24.3 Å². The van der Waals surface area contributed by atoms with E-state index in [1.807, 2.05) is 12.1 Å². The van der Waals surface area contributed by atoms with Crippen LogP contribution in [-0.2, 0) is 6.54 Å². The van der Waals surface area contributed by atoms with Gasteiger partial charge in [0.25, 0.3) is 0 Å². The smallest absolute Gasteiger partial charge is 0.316 e. The maximum absolute atomic E-state index is 11.9. The number of anilines is 1. The summed E-state index contributed by atoms with van der Waals surface area (Å²) in [6.45, 7) is 1.64. The Hall–Kier alpha value is -2.95. The number of hydrogen-bond donors (Lipinski definition) is 1. The molecule has 0 radical (unpaired) electrons. The maximum Gasteiger partial charge on any atom is 0.316 e. The summed E-state index contributed by atoms with van der Waals surface area (Å²) in [7, 11) is 0. The number of carbonyl (C=O) groups is 1. The highest BCUT2D eigenvalue weighted by Gasteiger charge is 2.28. The van der Waals surface area contributed by atoms with Crippen LogP contribution < -0.4 is 5.32 Å². The average Bonchev–Trinajstić information content (AvgIpc) is 2.95. The predicted molar refractivity (Wildman–Crippen MR) is 112 cm³/mol. The van der Waals surface area contributed by atoms with Gasteiger partial charge in [-0.25, -0.2) is 0 Å². The lowest BCUT2D eigenvalue weighted by Crippen LogP contribution is -2.08. The third-order valence-corrected chi connectivity index (χ3v) is 6.28. The molecule has 2 aromatic carbocycles. The molecule has 1 N–H and O–H groups in total. The number of carbonyl (C=O) groups excluding carboxylic acids is 1. The van der Waals surface area contributed by atoms with Crippen LogP contribution in [0.15, 0.2) is 47.6 Å². The van der Waals surface area contributed by atoms with E-state index < -0.39 is 5.91 Å². The lowest BCUT2D eigenvalue weighted by molar-refractivity contribution is 0.100. The molecular formula is C23H23N3O2. The third kappa shape index (κ3) is 2.65. The van der Waals surface area contributed by atoms with E-state index in [-0.39, 0.29) is 0 Å². The summed E-state index contributed by atoms with van der Waals surface area (Å²) in [5, 5.41) is 7.37. The Kier molecular flexibility index (Phi) is 4.23. The van der Waals surface area contributed by atoms with Crippen molar-refractivity contribution < 1.29 is 4.79 Å². The maximum atomic E-state index is 11.9. The first-order valence-electron chi connectivity index (χ1n) is 10.1. The molecule has 0 saturated heterocycles. The van der Waals surface area contributed by atoms with Gasteiger partial charge >= 0.3 is 5.91 Å². The second kappa shape index (κ2) is 6.89. The van der Waals surface area contributed by atoms with E-state index >= 15 is 0 Å². The van der Waals surface area contributed by atoms with Gasteiger partial charge in [0, 0.05) is 46.0 Å². The lowest BCUT2D eigenvalue weighted by atomic mass is 9.81. The molecule has 3 aromatic rings. The molecule has 2 heterocycles. The van der Waals surface area contributed by atoms with Crippen molar-refractivity contribution in [2.75, 3.05) is 11.9 Å². The number of aromatic nitrogens is 1. The van der Waals surface area contributed by atoms with Gasteiger partial charge in [-0.05, 0) is 42.5 Å². The summed E-state index contributed by atoms with van der Waals surface area (Å²) < 4.78 is 2.33. The molecule has 142 valence electrons. The van der Waals surface area contributed by atoms with Crippen LogP contribution in [0.1, 0.15) is 53.9 Å². The molecule has 0 unspecified atom stereocenters. The molecule has 1 aliphatic heterocycles. The fourth-order valence-electron chi connectivity index (χ4n) is 5.04.